The average molecular weight is 310 g/mol. The van der Waals surface area contributed by atoms with Crippen LogP contribution in [0.15, 0.2) is 60.9 Å². The van der Waals surface area contributed by atoms with Crippen LogP contribution in [-0.4, -0.2) is 9.97 Å². The van der Waals surface area contributed by atoms with Gasteiger partial charge in [-0.3, -0.25) is 4.98 Å². The average Bonchev–Trinajstić information content (AvgIpc) is 2.55. The van der Waals surface area contributed by atoms with Crippen LogP contribution in [0.3, 0.4) is 0 Å². The predicted octanol–water partition coefficient (Wildman–Crippen LogP) is 4.72. The first-order valence-corrected chi connectivity index (χ1v) is 7.46. The Balaban J connectivity index is 1.76. The number of hydrogen-bond donors (Lipinski definition) is 1. The van der Waals surface area contributed by atoms with Crippen molar-refractivity contribution in [2.45, 2.75) is 13.5 Å². The minimum Gasteiger partial charge on any atom is -0.380 e. The lowest BCUT2D eigenvalue weighted by molar-refractivity contribution is 1.11. The highest BCUT2D eigenvalue weighted by molar-refractivity contribution is 6.29. The molecule has 0 saturated heterocycles. The molecule has 0 aliphatic rings. The summed E-state index contributed by atoms with van der Waals surface area (Å²) in [5, 5.41) is 3.92. The smallest absolute Gasteiger partial charge is 0.129 e. The Kier molecular flexibility index (Phi) is 4.35. The molecule has 0 atom stereocenters. The molecule has 110 valence electrons. The van der Waals surface area contributed by atoms with Crippen molar-refractivity contribution in [1.29, 1.82) is 0 Å². The maximum atomic E-state index is 5.88. The summed E-state index contributed by atoms with van der Waals surface area (Å²) in [5.41, 5.74) is 5.47. The first-order valence-electron chi connectivity index (χ1n) is 7.09. The van der Waals surface area contributed by atoms with E-state index in [4.69, 9.17) is 11.6 Å². The molecule has 3 aromatic rings. The van der Waals surface area contributed by atoms with Crippen LogP contribution >= 0.6 is 11.6 Å². The fourth-order valence-electron chi connectivity index (χ4n) is 2.32. The number of nitrogens with zero attached hydrogens (tertiary/aromatic N) is 2. The van der Waals surface area contributed by atoms with E-state index in [0.29, 0.717) is 5.15 Å². The van der Waals surface area contributed by atoms with Crippen LogP contribution in [-0.2, 0) is 6.54 Å². The Morgan fingerprint density at radius 3 is 2.59 bits per heavy atom. The molecular weight excluding hydrogens is 294 g/mol. The van der Waals surface area contributed by atoms with Crippen LogP contribution in [0.2, 0.25) is 5.15 Å². The fourth-order valence-corrected chi connectivity index (χ4v) is 2.51. The van der Waals surface area contributed by atoms with Gasteiger partial charge in [-0.25, -0.2) is 4.98 Å². The summed E-state index contributed by atoms with van der Waals surface area (Å²) in [6, 6.07) is 16.2. The lowest BCUT2D eigenvalue weighted by atomic mass is 10.0. The molecule has 0 radical (unpaired) electrons. The molecule has 0 aliphatic carbocycles. The van der Waals surface area contributed by atoms with Crippen LogP contribution < -0.4 is 5.32 Å². The van der Waals surface area contributed by atoms with Gasteiger partial charge in [-0.15, -0.1) is 0 Å². The van der Waals surface area contributed by atoms with Gasteiger partial charge in [0.1, 0.15) is 5.15 Å². The second kappa shape index (κ2) is 6.58. The van der Waals surface area contributed by atoms with Crippen molar-refractivity contribution in [3.63, 3.8) is 0 Å². The van der Waals surface area contributed by atoms with Crippen LogP contribution in [0.1, 0.15) is 11.3 Å². The highest BCUT2D eigenvalue weighted by Crippen LogP contribution is 2.21. The first-order chi connectivity index (χ1) is 10.7. The van der Waals surface area contributed by atoms with Gasteiger partial charge >= 0.3 is 0 Å². The number of aryl methyl sites for hydroxylation is 1. The standard InChI is InChI=1S/C18H16ClN3/c1-13-17(5-6-18(19)22-13)21-12-14-3-2-4-16(11-14)15-7-9-20-10-8-15/h2-11,21H,12H2,1H3. The van der Waals surface area contributed by atoms with Crippen molar-refractivity contribution in [2.75, 3.05) is 5.32 Å². The summed E-state index contributed by atoms with van der Waals surface area (Å²) in [4.78, 5) is 8.30. The maximum absolute atomic E-state index is 5.88. The Labute approximate surface area is 135 Å². The molecule has 0 bridgehead atoms. The maximum Gasteiger partial charge on any atom is 0.129 e. The van der Waals surface area contributed by atoms with E-state index in [1.54, 1.807) is 6.07 Å². The molecule has 4 heteroatoms. The van der Waals surface area contributed by atoms with E-state index >= 15 is 0 Å². The first kappa shape index (κ1) is 14.5. The lowest BCUT2D eigenvalue weighted by Crippen LogP contribution is -2.02. The number of benzene rings is 1. The number of rotatable bonds is 4. The third-order valence-corrected chi connectivity index (χ3v) is 3.69. The topological polar surface area (TPSA) is 37.8 Å². The van der Waals surface area contributed by atoms with Crippen molar-refractivity contribution in [1.82, 2.24) is 9.97 Å². The number of anilines is 1. The van der Waals surface area contributed by atoms with E-state index in [0.717, 1.165) is 17.9 Å². The summed E-state index contributed by atoms with van der Waals surface area (Å²) in [6.07, 6.45) is 3.62. The quantitative estimate of drug-likeness (QED) is 0.709. The van der Waals surface area contributed by atoms with E-state index in [1.807, 2.05) is 37.5 Å². The van der Waals surface area contributed by atoms with E-state index < -0.39 is 0 Å². The molecule has 2 aromatic heterocycles. The van der Waals surface area contributed by atoms with E-state index in [-0.39, 0.29) is 0 Å². The number of nitrogens with one attached hydrogen (secondary N) is 1. The monoisotopic (exact) mass is 309 g/mol. The minimum absolute atomic E-state index is 0.516. The molecule has 2 heterocycles. The molecular formula is C18H16ClN3. The van der Waals surface area contributed by atoms with Crippen molar-refractivity contribution >= 4 is 17.3 Å². The highest BCUT2D eigenvalue weighted by atomic mass is 35.5. The highest BCUT2D eigenvalue weighted by Gasteiger charge is 2.02. The molecule has 0 saturated carbocycles. The van der Waals surface area contributed by atoms with E-state index in [2.05, 4.69) is 39.6 Å². The molecule has 1 aromatic carbocycles. The number of aromatic nitrogens is 2. The van der Waals surface area contributed by atoms with E-state index in [9.17, 15) is 0 Å². The number of hydrogen-bond acceptors (Lipinski definition) is 3. The SMILES string of the molecule is Cc1nc(Cl)ccc1NCc1cccc(-c2ccncc2)c1. The van der Waals surface area contributed by atoms with Gasteiger partial charge in [0.25, 0.3) is 0 Å². The molecule has 22 heavy (non-hydrogen) atoms. The van der Waals surface area contributed by atoms with Crippen molar-refractivity contribution in [2.24, 2.45) is 0 Å². The van der Waals surface area contributed by atoms with Gasteiger partial charge < -0.3 is 5.32 Å². The molecule has 0 amide bonds. The van der Waals surface area contributed by atoms with Crippen molar-refractivity contribution < 1.29 is 0 Å². The third kappa shape index (κ3) is 3.43. The van der Waals surface area contributed by atoms with E-state index in [1.165, 1.54) is 16.7 Å². The lowest BCUT2D eigenvalue weighted by Gasteiger charge is -2.10. The van der Waals surface area contributed by atoms with Gasteiger partial charge in [0.05, 0.1) is 11.4 Å². The van der Waals surface area contributed by atoms with Gasteiger partial charge in [-0.1, -0.05) is 29.8 Å². The van der Waals surface area contributed by atoms with Crippen molar-refractivity contribution in [3.05, 3.63) is 77.3 Å². The zero-order valence-electron chi connectivity index (χ0n) is 12.3. The zero-order valence-corrected chi connectivity index (χ0v) is 13.0. The predicted molar refractivity (Wildman–Crippen MR) is 91.0 cm³/mol. The van der Waals surface area contributed by atoms with Gasteiger partial charge in [0.2, 0.25) is 0 Å². The van der Waals surface area contributed by atoms with Crippen LogP contribution in [0, 0.1) is 6.92 Å². The summed E-state index contributed by atoms with van der Waals surface area (Å²) < 4.78 is 0. The zero-order chi connectivity index (χ0) is 15.4. The number of halogens is 1. The van der Waals surface area contributed by atoms with Crippen LogP contribution in [0.4, 0.5) is 5.69 Å². The molecule has 0 spiro atoms. The molecule has 0 unspecified atom stereocenters. The summed E-state index contributed by atoms with van der Waals surface area (Å²) >= 11 is 5.88. The Hall–Kier alpha value is -2.39. The second-order valence-corrected chi connectivity index (χ2v) is 5.44. The minimum atomic E-state index is 0.516. The molecule has 0 fully saturated rings. The summed E-state index contributed by atoms with van der Waals surface area (Å²) in [7, 11) is 0. The summed E-state index contributed by atoms with van der Waals surface area (Å²) in [6.45, 7) is 2.69. The van der Waals surface area contributed by atoms with Gasteiger partial charge in [-0.05, 0) is 53.9 Å². The Bertz CT molecular complexity index is 772. The summed E-state index contributed by atoms with van der Waals surface area (Å²) in [5.74, 6) is 0. The Morgan fingerprint density at radius 2 is 1.82 bits per heavy atom. The fraction of sp³-hybridized carbons (Fsp3) is 0.111. The van der Waals surface area contributed by atoms with Gasteiger partial charge in [0.15, 0.2) is 0 Å². The van der Waals surface area contributed by atoms with Gasteiger partial charge in [-0.2, -0.15) is 0 Å². The van der Waals surface area contributed by atoms with Gasteiger partial charge in [0, 0.05) is 18.9 Å². The molecule has 3 rings (SSSR count). The third-order valence-electron chi connectivity index (χ3n) is 3.48. The number of pyridine rings is 2. The van der Waals surface area contributed by atoms with Crippen LogP contribution in [0.25, 0.3) is 11.1 Å². The molecule has 3 nitrogen and oxygen atoms in total. The molecule has 1 N–H and O–H groups in total. The largest absolute Gasteiger partial charge is 0.380 e. The second-order valence-electron chi connectivity index (χ2n) is 5.06. The molecule has 0 aliphatic heterocycles. The Morgan fingerprint density at radius 1 is 1.00 bits per heavy atom. The van der Waals surface area contributed by atoms with Crippen molar-refractivity contribution in [3.8, 4) is 11.1 Å². The normalized spacial score (nSPS) is 10.5. The van der Waals surface area contributed by atoms with Crippen LogP contribution in [0.5, 0.6) is 0 Å².